The van der Waals surface area contributed by atoms with E-state index in [0.29, 0.717) is 0 Å². The Balaban J connectivity index is 1.90. The summed E-state index contributed by atoms with van der Waals surface area (Å²) in [5, 5.41) is 1.00. The summed E-state index contributed by atoms with van der Waals surface area (Å²) in [5.74, 6) is 2.35. The molecule has 3 aromatic rings. The minimum Gasteiger partial charge on any atom is -0.454 e. The van der Waals surface area contributed by atoms with Crippen molar-refractivity contribution >= 4 is 11.0 Å². The van der Waals surface area contributed by atoms with Crippen LogP contribution in [-0.4, -0.2) is 6.79 Å². The van der Waals surface area contributed by atoms with Gasteiger partial charge in [-0.1, -0.05) is 18.2 Å². The second-order valence-electron chi connectivity index (χ2n) is 4.41. The van der Waals surface area contributed by atoms with E-state index in [4.69, 9.17) is 13.9 Å². The second kappa shape index (κ2) is 3.99. The van der Waals surface area contributed by atoms with Crippen LogP contribution in [0.2, 0.25) is 0 Å². The van der Waals surface area contributed by atoms with E-state index >= 15 is 0 Å². The zero-order valence-corrected chi connectivity index (χ0v) is 10.1. The van der Waals surface area contributed by atoms with E-state index < -0.39 is 0 Å². The van der Waals surface area contributed by atoms with Crippen LogP contribution in [0.4, 0.5) is 0 Å². The molecule has 3 nitrogen and oxygen atoms in total. The lowest BCUT2D eigenvalue weighted by Gasteiger charge is -1.95. The molecule has 92 valence electrons. The first-order valence-corrected chi connectivity index (χ1v) is 6.12. The molecule has 0 aliphatic carbocycles. The number of fused-ring (bicyclic) bond motifs is 2. The largest absolute Gasteiger partial charge is 0.454 e. The van der Waals surface area contributed by atoms with E-state index in [1.165, 1.54) is 0 Å². The topological polar surface area (TPSA) is 29.8 Å². The summed E-state index contributed by atoms with van der Waals surface area (Å²) in [6.07, 6.45) is 0. The van der Waals surface area contributed by atoms with Gasteiger partial charge in [-0.25, -0.2) is 4.42 Å². The molecule has 4 rings (SSSR count). The highest BCUT2D eigenvalue weighted by Crippen LogP contribution is 2.37. The summed E-state index contributed by atoms with van der Waals surface area (Å²) in [5.41, 5.74) is 1.85. The first kappa shape index (κ1) is 10.4. The van der Waals surface area contributed by atoms with Gasteiger partial charge in [-0.15, -0.1) is 0 Å². The minimum absolute atomic E-state index is 0.275. The smallest absolute Gasteiger partial charge is 0.364 e. The summed E-state index contributed by atoms with van der Waals surface area (Å²) in [7, 11) is 0. The van der Waals surface area contributed by atoms with Gasteiger partial charge in [0.25, 0.3) is 0 Å². The maximum absolute atomic E-state index is 5.94. The van der Waals surface area contributed by atoms with Gasteiger partial charge in [0.15, 0.2) is 11.5 Å². The Kier molecular flexibility index (Phi) is 2.18. The van der Waals surface area contributed by atoms with Crippen molar-refractivity contribution in [1.29, 1.82) is 0 Å². The standard InChI is InChI=1S/C16H11O3/c1-2-4-11(5-3-1)13-7-6-12-8-15-16(18-10-17-15)9-14(12)19-13/h1-9H,10H2/q+1. The highest BCUT2D eigenvalue weighted by molar-refractivity contribution is 5.82. The molecule has 0 atom stereocenters. The Labute approximate surface area is 110 Å². The number of hydrogen-bond donors (Lipinski definition) is 0. The van der Waals surface area contributed by atoms with Gasteiger partial charge in [0.1, 0.15) is 0 Å². The zero-order chi connectivity index (χ0) is 12.7. The van der Waals surface area contributed by atoms with Gasteiger partial charge < -0.3 is 9.47 Å². The monoisotopic (exact) mass is 251 g/mol. The fraction of sp³-hybridized carbons (Fsp3) is 0.0625. The van der Waals surface area contributed by atoms with Crippen molar-refractivity contribution in [3.63, 3.8) is 0 Å². The van der Waals surface area contributed by atoms with E-state index in [0.717, 1.165) is 33.8 Å². The van der Waals surface area contributed by atoms with E-state index in [1.54, 1.807) is 0 Å². The van der Waals surface area contributed by atoms with Crippen LogP contribution in [0.15, 0.2) is 59.0 Å². The van der Waals surface area contributed by atoms with Crippen LogP contribution >= 0.6 is 0 Å². The summed E-state index contributed by atoms with van der Waals surface area (Å²) >= 11 is 0. The van der Waals surface area contributed by atoms with Crippen molar-refractivity contribution in [3.05, 3.63) is 54.6 Å². The summed E-state index contributed by atoms with van der Waals surface area (Å²) in [6, 6.07) is 17.9. The van der Waals surface area contributed by atoms with Crippen LogP contribution in [0.25, 0.3) is 22.3 Å². The molecule has 0 N–H and O–H groups in total. The third-order valence-corrected chi connectivity index (χ3v) is 3.20. The lowest BCUT2D eigenvalue weighted by molar-refractivity contribution is 0.174. The molecule has 3 heteroatoms. The lowest BCUT2D eigenvalue weighted by Crippen LogP contribution is -1.92. The van der Waals surface area contributed by atoms with Gasteiger partial charge in [0, 0.05) is 12.1 Å². The van der Waals surface area contributed by atoms with Crippen molar-refractivity contribution in [2.45, 2.75) is 0 Å². The fourth-order valence-electron chi connectivity index (χ4n) is 2.23. The van der Waals surface area contributed by atoms with Crippen molar-refractivity contribution in [2.75, 3.05) is 6.79 Å². The van der Waals surface area contributed by atoms with E-state index in [9.17, 15) is 0 Å². The van der Waals surface area contributed by atoms with Gasteiger partial charge in [-0.05, 0) is 18.2 Å². The Morgan fingerprint density at radius 3 is 2.47 bits per heavy atom. The first-order valence-electron chi connectivity index (χ1n) is 6.12. The van der Waals surface area contributed by atoms with Crippen LogP contribution in [0.3, 0.4) is 0 Å². The first-order chi connectivity index (χ1) is 9.40. The molecular formula is C16H11O3+. The SMILES string of the molecule is c1ccc(-c2ccc3cc4c(cc3[o+]2)OCO4)cc1. The molecule has 1 aromatic heterocycles. The Morgan fingerprint density at radius 1 is 0.842 bits per heavy atom. The summed E-state index contributed by atoms with van der Waals surface area (Å²) in [6.45, 7) is 0.275. The molecular weight excluding hydrogens is 240 g/mol. The molecule has 1 aliphatic heterocycles. The molecule has 19 heavy (non-hydrogen) atoms. The molecule has 0 saturated carbocycles. The number of ether oxygens (including phenoxy) is 2. The average molecular weight is 251 g/mol. The van der Waals surface area contributed by atoms with Gasteiger partial charge in [-0.2, -0.15) is 0 Å². The van der Waals surface area contributed by atoms with Crippen molar-refractivity contribution < 1.29 is 13.9 Å². The molecule has 0 radical (unpaired) electrons. The van der Waals surface area contributed by atoms with E-state index in [1.807, 2.05) is 54.6 Å². The van der Waals surface area contributed by atoms with Crippen LogP contribution in [0, 0.1) is 0 Å². The van der Waals surface area contributed by atoms with Crippen LogP contribution in [0.1, 0.15) is 0 Å². The average Bonchev–Trinajstić information content (AvgIpc) is 2.92. The summed E-state index contributed by atoms with van der Waals surface area (Å²) in [4.78, 5) is 0. The maximum Gasteiger partial charge on any atom is 0.364 e. The Bertz CT molecular complexity index is 751. The van der Waals surface area contributed by atoms with E-state index in [-0.39, 0.29) is 6.79 Å². The molecule has 2 heterocycles. The van der Waals surface area contributed by atoms with Crippen LogP contribution in [-0.2, 0) is 0 Å². The van der Waals surface area contributed by atoms with Crippen LogP contribution in [0.5, 0.6) is 11.5 Å². The van der Waals surface area contributed by atoms with Gasteiger partial charge >= 0.3 is 11.3 Å². The molecule has 0 bridgehead atoms. The molecule has 0 fully saturated rings. The lowest BCUT2D eigenvalue weighted by atomic mass is 10.1. The van der Waals surface area contributed by atoms with Gasteiger partial charge in [0.2, 0.25) is 6.79 Å². The predicted molar refractivity (Wildman–Crippen MR) is 72.2 cm³/mol. The highest BCUT2D eigenvalue weighted by Gasteiger charge is 2.21. The molecule has 2 aromatic carbocycles. The van der Waals surface area contributed by atoms with Gasteiger partial charge in [0.05, 0.1) is 17.0 Å². The third-order valence-electron chi connectivity index (χ3n) is 3.20. The number of benzene rings is 2. The summed E-state index contributed by atoms with van der Waals surface area (Å²) < 4.78 is 16.7. The Morgan fingerprint density at radius 2 is 1.63 bits per heavy atom. The zero-order valence-electron chi connectivity index (χ0n) is 10.1. The molecule has 0 unspecified atom stereocenters. The van der Waals surface area contributed by atoms with Crippen molar-refractivity contribution in [3.8, 4) is 22.8 Å². The molecule has 1 aliphatic rings. The molecule has 0 spiro atoms. The predicted octanol–water partition coefficient (Wildman–Crippen LogP) is 4.11. The maximum atomic E-state index is 5.94. The Hall–Kier alpha value is -2.55. The number of rotatable bonds is 1. The molecule has 0 amide bonds. The van der Waals surface area contributed by atoms with Crippen molar-refractivity contribution in [2.24, 2.45) is 0 Å². The van der Waals surface area contributed by atoms with Crippen LogP contribution < -0.4 is 9.47 Å². The second-order valence-corrected chi connectivity index (χ2v) is 4.41. The van der Waals surface area contributed by atoms with Crippen molar-refractivity contribution in [1.82, 2.24) is 0 Å². The molecule has 0 saturated heterocycles. The minimum atomic E-state index is 0.275. The quantitative estimate of drug-likeness (QED) is 0.609. The number of hydrogen-bond acceptors (Lipinski definition) is 2. The van der Waals surface area contributed by atoms with E-state index in [2.05, 4.69) is 0 Å². The highest BCUT2D eigenvalue weighted by atomic mass is 16.7. The fourth-order valence-corrected chi connectivity index (χ4v) is 2.23. The van der Waals surface area contributed by atoms with Gasteiger partial charge in [-0.3, -0.25) is 0 Å². The third kappa shape index (κ3) is 1.71. The normalized spacial score (nSPS) is 12.8.